The molecule has 0 bridgehead atoms. The summed E-state index contributed by atoms with van der Waals surface area (Å²) >= 11 is 0. The summed E-state index contributed by atoms with van der Waals surface area (Å²) in [5.74, 6) is -6.69. The van der Waals surface area contributed by atoms with Crippen LogP contribution in [0.3, 0.4) is 0 Å². The van der Waals surface area contributed by atoms with Crippen LogP contribution in [0.2, 0.25) is 0 Å². The molecule has 7 amide bonds. The van der Waals surface area contributed by atoms with Crippen molar-refractivity contribution in [3.63, 3.8) is 0 Å². The number of nitrogens with zero attached hydrogens (tertiary/aromatic N) is 4. The first-order chi connectivity index (χ1) is 42.7. The molecule has 90 heavy (non-hydrogen) atoms. The van der Waals surface area contributed by atoms with Crippen LogP contribution in [0.4, 0.5) is 14.4 Å². The number of benzene rings is 2. The largest absolute Gasteiger partial charge is 0.445 e. The van der Waals surface area contributed by atoms with Crippen LogP contribution in [0.25, 0.3) is 0 Å². The quantitative estimate of drug-likeness (QED) is 0.0470. The Balaban J connectivity index is 1.19. The van der Waals surface area contributed by atoms with Gasteiger partial charge in [-0.2, -0.15) is 0 Å². The number of carbonyl (C=O) groups excluding carboxylic acids is 10. The highest BCUT2D eigenvalue weighted by atomic mass is 16.7. The van der Waals surface area contributed by atoms with E-state index in [2.05, 4.69) is 10.6 Å². The Bertz CT molecular complexity index is 2760. The third-order valence-electron chi connectivity index (χ3n) is 17.9. The maximum absolute atomic E-state index is 14.9. The SMILES string of the molecule is CC[C@H](C)C(C(CC(=O)C1CCCC1C(OC)C(C)C(=O)N[C@H](C)[C@@H](O)c1ccccc1)OC)N(C)C(=O)C(CC(=O)[C@H](C(C)C)N(C)C(=O)OCc1ccc(OC(=O)NC(CN(C)C(=O)OC2/C=C/CCCCC2)C(=O)ON2C(=O)CCC2=O)cc1)C(C)C. The number of Topliss-reactive ketones (excluding diaryl/α,β-unsaturated/α-hetero) is 2. The standard InChI is InChI=1S/C67H98N6O17/c1-14-42(6)59(55(85-12)37-53(74)49-28-23-29-50(49)61(86-13)43(7)62(79)68-44(8)60(78)46-24-19-18-20-25-46)71(10)63(80)51(40(2)3)36-54(75)58(41(4)5)72(11)67(84)87-39-45-30-32-48(33-31-45)88-65(82)69-52(64(81)90-73-56(76)34-35-57(73)77)38-70(9)66(83)89-47-26-21-16-15-17-22-27-47/h18-21,24-26,30-33,40-44,47,49-52,55,58-61,78H,14-17,22-23,27-29,34-39H2,1-13H3,(H,68,79)(H,69,82)/b26-21+/t42-,43?,44+,47?,49?,50?,51?,52?,55?,58-,59?,60+,61?/m0/s1. The second-order valence-electron chi connectivity index (χ2n) is 25.1. The van der Waals surface area contributed by atoms with Crippen LogP contribution in [0.1, 0.15) is 156 Å². The zero-order valence-corrected chi connectivity index (χ0v) is 54.9. The van der Waals surface area contributed by atoms with Gasteiger partial charge in [0, 0.05) is 72.9 Å². The van der Waals surface area contributed by atoms with Crippen LogP contribution in [0.15, 0.2) is 66.7 Å². The van der Waals surface area contributed by atoms with Crippen molar-refractivity contribution in [3.05, 3.63) is 77.9 Å². The first-order valence-electron chi connectivity index (χ1n) is 31.8. The van der Waals surface area contributed by atoms with Gasteiger partial charge >= 0.3 is 24.2 Å². The molecule has 1 saturated heterocycles. The van der Waals surface area contributed by atoms with Crippen molar-refractivity contribution in [2.75, 3.05) is 41.9 Å². The lowest BCUT2D eigenvalue weighted by molar-refractivity contribution is -0.199. The first-order valence-corrected chi connectivity index (χ1v) is 31.8. The number of ether oxygens (including phenoxy) is 5. The smallest absolute Gasteiger partial charge is 0.413 e. The predicted molar refractivity (Wildman–Crippen MR) is 332 cm³/mol. The monoisotopic (exact) mass is 1260 g/mol. The van der Waals surface area contributed by atoms with Crippen molar-refractivity contribution >= 4 is 59.4 Å². The Morgan fingerprint density at radius 3 is 2.02 bits per heavy atom. The molecular formula is C67H98N6O17. The molecule has 2 aliphatic carbocycles. The highest BCUT2D eigenvalue weighted by Gasteiger charge is 2.46. The van der Waals surface area contributed by atoms with Gasteiger partial charge in [-0.25, -0.2) is 19.2 Å². The molecular weight excluding hydrogens is 1160 g/mol. The van der Waals surface area contributed by atoms with E-state index in [1.165, 1.54) is 50.4 Å². The number of nitrogens with one attached hydrogen (secondary N) is 2. The number of allylic oxidation sites excluding steroid dienone is 1. The highest BCUT2D eigenvalue weighted by molar-refractivity contribution is 6.02. The number of aliphatic hydroxyl groups is 1. The van der Waals surface area contributed by atoms with Crippen molar-refractivity contribution in [3.8, 4) is 5.75 Å². The third-order valence-corrected chi connectivity index (χ3v) is 17.9. The molecule has 2 aromatic carbocycles. The fourth-order valence-corrected chi connectivity index (χ4v) is 12.5. The van der Waals surface area contributed by atoms with Crippen molar-refractivity contribution < 1.29 is 81.6 Å². The number of hydrogen-bond acceptors (Lipinski definition) is 17. The van der Waals surface area contributed by atoms with Crippen LogP contribution >= 0.6 is 0 Å². The number of rotatable bonds is 31. The van der Waals surface area contributed by atoms with Crippen LogP contribution < -0.4 is 15.4 Å². The van der Waals surface area contributed by atoms with Gasteiger partial charge in [-0.15, -0.1) is 5.06 Å². The number of hydroxylamine groups is 2. The second kappa shape index (κ2) is 35.4. The molecule has 1 aliphatic heterocycles. The first kappa shape index (κ1) is 73.5. The molecule has 2 fully saturated rings. The van der Waals surface area contributed by atoms with Crippen molar-refractivity contribution in [1.29, 1.82) is 0 Å². The van der Waals surface area contributed by atoms with Gasteiger partial charge in [0.15, 0.2) is 5.78 Å². The summed E-state index contributed by atoms with van der Waals surface area (Å²) in [6, 6.07) is 11.2. The molecule has 5 rings (SSSR count). The number of aliphatic hydroxyl groups excluding tert-OH is 1. The van der Waals surface area contributed by atoms with Gasteiger partial charge in [0.1, 0.15) is 30.3 Å². The van der Waals surface area contributed by atoms with Gasteiger partial charge in [0.05, 0.1) is 48.9 Å². The molecule has 0 aromatic heterocycles. The Morgan fingerprint density at radius 1 is 0.744 bits per heavy atom. The minimum absolute atomic E-state index is 0.00108. The predicted octanol–water partition coefficient (Wildman–Crippen LogP) is 8.69. The normalized spacial score (nSPS) is 20.5. The number of hydrogen-bond donors (Lipinski definition) is 3. The summed E-state index contributed by atoms with van der Waals surface area (Å²) in [6.45, 7) is 14.1. The Labute approximate surface area is 530 Å². The fourth-order valence-electron chi connectivity index (χ4n) is 12.5. The van der Waals surface area contributed by atoms with Crippen molar-refractivity contribution in [2.24, 2.45) is 41.4 Å². The number of ketones is 2. The molecule has 13 atom stereocenters. The van der Waals surface area contributed by atoms with E-state index < -0.39 is 115 Å². The maximum Gasteiger partial charge on any atom is 0.413 e. The molecule has 2 aromatic rings. The number of amides is 7. The Hall–Kier alpha value is -7.24. The van der Waals surface area contributed by atoms with Gasteiger partial charge in [0.25, 0.3) is 11.8 Å². The molecule has 9 unspecified atom stereocenters. The van der Waals surface area contributed by atoms with E-state index in [1.807, 2.05) is 58.0 Å². The number of imide groups is 1. The van der Waals surface area contributed by atoms with E-state index in [1.54, 1.807) is 58.9 Å². The van der Waals surface area contributed by atoms with Gasteiger partial charge < -0.3 is 59.0 Å². The van der Waals surface area contributed by atoms with E-state index in [0.717, 1.165) is 37.0 Å². The van der Waals surface area contributed by atoms with Crippen LogP contribution in [0, 0.1) is 41.4 Å². The Morgan fingerprint density at radius 2 is 1.41 bits per heavy atom. The molecule has 498 valence electrons. The topological polar surface area (TPSA) is 283 Å². The molecule has 1 saturated carbocycles. The lowest BCUT2D eigenvalue weighted by Gasteiger charge is -2.40. The summed E-state index contributed by atoms with van der Waals surface area (Å²) in [5, 5.41) is 16.6. The van der Waals surface area contributed by atoms with Crippen LogP contribution in [0.5, 0.6) is 5.75 Å². The van der Waals surface area contributed by atoms with Gasteiger partial charge in [-0.3, -0.25) is 28.8 Å². The van der Waals surface area contributed by atoms with E-state index >= 15 is 0 Å². The van der Waals surface area contributed by atoms with Gasteiger partial charge in [0.2, 0.25) is 11.8 Å². The zero-order chi connectivity index (χ0) is 66.5. The van der Waals surface area contributed by atoms with E-state index in [0.29, 0.717) is 41.9 Å². The average molecular weight is 1260 g/mol. The molecule has 0 radical (unpaired) electrons. The molecule has 23 heteroatoms. The van der Waals surface area contributed by atoms with Crippen LogP contribution in [-0.4, -0.2) is 169 Å². The summed E-state index contributed by atoms with van der Waals surface area (Å²) in [5.41, 5.74) is 1.15. The Kier molecular flexibility index (Phi) is 28.9. The third kappa shape index (κ3) is 20.4. The lowest BCUT2D eigenvalue weighted by atomic mass is 9.79. The minimum atomic E-state index is -1.62. The lowest BCUT2D eigenvalue weighted by Crippen LogP contribution is -2.53. The summed E-state index contributed by atoms with van der Waals surface area (Å²) in [7, 11) is 7.56. The summed E-state index contributed by atoms with van der Waals surface area (Å²) in [4.78, 5) is 145. The van der Waals surface area contributed by atoms with Gasteiger partial charge in [-0.1, -0.05) is 116 Å². The number of methoxy groups -OCH3 is 2. The van der Waals surface area contributed by atoms with E-state index in [-0.39, 0.29) is 79.2 Å². The molecule has 1 heterocycles. The van der Waals surface area contributed by atoms with Crippen LogP contribution in [-0.2, 0) is 64.0 Å². The highest BCUT2D eigenvalue weighted by Crippen LogP contribution is 2.40. The second-order valence-corrected chi connectivity index (χ2v) is 25.1. The molecule has 23 nitrogen and oxygen atoms in total. The number of carbonyl (C=O) groups is 10. The average Bonchev–Trinajstić information content (AvgIpc) is 1.50. The molecule has 0 spiro atoms. The summed E-state index contributed by atoms with van der Waals surface area (Å²) in [6.07, 6.45) is 4.76. The van der Waals surface area contributed by atoms with Crippen molar-refractivity contribution in [2.45, 2.75) is 194 Å². The van der Waals surface area contributed by atoms with E-state index in [9.17, 15) is 53.1 Å². The number of likely N-dealkylation sites (N-methyl/N-ethyl adjacent to an activating group) is 3. The van der Waals surface area contributed by atoms with Gasteiger partial charge in [-0.05, 0) is 98.5 Å². The minimum Gasteiger partial charge on any atom is -0.445 e. The van der Waals surface area contributed by atoms with Crippen molar-refractivity contribution in [1.82, 2.24) is 30.4 Å². The zero-order valence-electron chi connectivity index (χ0n) is 54.9. The fraction of sp³-hybridized carbons (Fsp3) is 0.642. The summed E-state index contributed by atoms with van der Waals surface area (Å²) < 4.78 is 28.9. The molecule has 3 aliphatic rings. The maximum atomic E-state index is 14.9. The molecule has 3 N–H and O–H groups in total. The van der Waals surface area contributed by atoms with E-state index in [4.69, 9.17) is 28.5 Å².